The van der Waals surface area contributed by atoms with Crippen LogP contribution in [0.4, 0.5) is 0 Å². The molecule has 3 N–H and O–H groups in total. The molecule has 0 spiro atoms. The molecule has 0 amide bonds. The topological polar surface area (TPSA) is 55.9 Å². The largest absolute Gasteiger partial charge is 0.271 e. The minimum absolute atomic E-state index is 0.320. The number of aromatic nitrogens is 2. The van der Waals surface area contributed by atoms with E-state index in [4.69, 9.17) is 5.84 Å². The van der Waals surface area contributed by atoms with E-state index in [1.807, 2.05) is 4.68 Å². The van der Waals surface area contributed by atoms with Crippen LogP contribution in [0, 0.1) is 11.3 Å². The summed E-state index contributed by atoms with van der Waals surface area (Å²) in [5, 5.41) is 4.66. The maximum Gasteiger partial charge on any atom is 0.0640 e. The lowest BCUT2D eigenvalue weighted by atomic mass is 9.65. The van der Waals surface area contributed by atoms with Crippen molar-refractivity contribution in [3.8, 4) is 0 Å². The van der Waals surface area contributed by atoms with Gasteiger partial charge in [0.1, 0.15) is 0 Å². The highest BCUT2D eigenvalue weighted by atomic mass is 15.3. The normalized spacial score (nSPS) is 24.0. The monoisotopic (exact) mass is 278 g/mol. The van der Waals surface area contributed by atoms with Crippen LogP contribution in [0.5, 0.6) is 0 Å². The van der Waals surface area contributed by atoms with Gasteiger partial charge in [0.15, 0.2) is 0 Å². The van der Waals surface area contributed by atoms with Crippen molar-refractivity contribution in [2.75, 3.05) is 0 Å². The Morgan fingerprint density at radius 1 is 1.45 bits per heavy atom. The highest BCUT2D eigenvalue weighted by Crippen LogP contribution is 2.42. The van der Waals surface area contributed by atoms with Crippen molar-refractivity contribution in [2.45, 2.75) is 71.9 Å². The van der Waals surface area contributed by atoms with Crippen LogP contribution in [0.2, 0.25) is 0 Å². The molecule has 0 radical (unpaired) electrons. The van der Waals surface area contributed by atoms with Crippen molar-refractivity contribution in [3.63, 3.8) is 0 Å². The predicted octanol–water partition coefficient (Wildman–Crippen LogP) is 3.05. The maximum absolute atomic E-state index is 5.85. The molecule has 0 saturated heterocycles. The maximum atomic E-state index is 5.85. The highest BCUT2D eigenvalue weighted by Gasteiger charge is 2.37. The zero-order valence-electron chi connectivity index (χ0n) is 13.4. The van der Waals surface area contributed by atoms with Crippen LogP contribution in [0.3, 0.4) is 0 Å². The van der Waals surface area contributed by atoms with E-state index in [1.165, 1.54) is 25.7 Å². The molecule has 1 aromatic rings. The smallest absolute Gasteiger partial charge is 0.0640 e. The summed E-state index contributed by atoms with van der Waals surface area (Å²) in [6, 6.07) is 2.86. The van der Waals surface area contributed by atoms with Gasteiger partial charge in [0.05, 0.1) is 5.69 Å². The van der Waals surface area contributed by atoms with Crippen molar-refractivity contribution in [2.24, 2.45) is 17.2 Å². The molecule has 4 nitrogen and oxygen atoms in total. The zero-order valence-corrected chi connectivity index (χ0v) is 13.4. The second kappa shape index (κ2) is 6.27. The SMILES string of the molecule is CC(C)n1ccc(CC(NN)C2CCCCC2(C)C)n1. The molecule has 1 heterocycles. The zero-order chi connectivity index (χ0) is 14.8. The molecule has 2 unspecified atom stereocenters. The molecule has 1 aliphatic rings. The van der Waals surface area contributed by atoms with E-state index in [0.29, 0.717) is 23.4 Å². The lowest BCUT2D eigenvalue weighted by Gasteiger charge is -2.43. The van der Waals surface area contributed by atoms with Crippen molar-refractivity contribution >= 4 is 0 Å². The quantitative estimate of drug-likeness (QED) is 0.643. The van der Waals surface area contributed by atoms with Gasteiger partial charge in [-0.15, -0.1) is 0 Å². The van der Waals surface area contributed by atoms with Gasteiger partial charge in [-0.25, -0.2) is 0 Å². The summed E-state index contributed by atoms with van der Waals surface area (Å²) < 4.78 is 2.02. The Balaban J connectivity index is 2.07. The molecule has 1 saturated carbocycles. The number of hydrogen-bond donors (Lipinski definition) is 2. The minimum Gasteiger partial charge on any atom is -0.271 e. The Labute approximate surface area is 123 Å². The summed E-state index contributed by atoms with van der Waals surface area (Å²) in [7, 11) is 0. The third-order valence-electron chi connectivity index (χ3n) is 4.91. The Bertz CT molecular complexity index is 422. The van der Waals surface area contributed by atoms with Gasteiger partial charge in [-0.05, 0) is 44.1 Å². The van der Waals surface area contributed by atoms with E-state index in [2.05, 4.69) is 50.5 Å². The second-order valence-corrected chi connectivity index (χ2v) is 7.20. The van der Waals surface area contributed by atoms with Gasteiger partial charge in [0.2, 0.25) is 0 Å². The van der Waals surface area contributed by atoms with Gasteiger partial charge in [-0.2, -0.15) is 5.10 Å². The van der Waals surface area contributed by atoms with Crippen LogP contribution >= 0.6 is 0 Å². The molecule has 4 heteroatoms. The first kappa shape index (κ1) is 15.5. The van der Waals surface area contributed by atoms with Crippen molar-refractivity contribution in [1.29, 1.82) is 0 Å². The Morgan fingerprint density at radius 3 is 2.75 bits per heavy atom. The molecule has 2 atom stereocenters. The standard InChI is InChI=1S/C16H30N4/c1-12(2)20-10-8-13(19-20)11-15(18-17)14-7-5-6-9-16(14,3)4/h8,10,12,14-15,18H,5-7,9,11,17H2,1-4H3. The van der Waals surface area contributed by atoms with E-state index in [0.717, 1.165) is 12.1 Å². The van der Waals surface area contributed by atoms with E-state index < -0.39 is 0 Å². The Hall–Kier alpha value is -0.870. The third kappa shape index (κ3) is 3.41. The van der Waals surface area contributed by atoms with Crippen LogP contribution in [-0.2, 0) is 6.42 Å². The van der Waals surface area contributed by atoms with Gasteiger partial charge < -0.3 is 0 Å². The third-order valence-corrected chi connectivity index (χ3v) is 4.91. The predicted molar refractivity (Wildman–Crippen MR) is 83.2 cm³/mol. The Kier molecular flexibility index (Phi) is 4.86. The molecule has 114 valence electrons. The number of nitrogens with two attached hydrogens (primary N) is 1. The van der Waals surface area contributed by atoms with Crippen LogP contribution in [0.1, 0.15) is 65.1 Å². The van der Waals surface area contributed by atoms with Crippen LogP contribution < -0.4 is 11.3 Å². The van der Waals surface area contributed by atoms with E-state index in [-0.39, 0.29) is 0 Å². The van der Waals surface area contributed by atoms with Gasteiger partial charge >= 0.3 is 0 Å². The molecule has 1 fully saturated rings. The lowest BCUT2D eigenvalue weighted by Crippen LogP contribution is -2.48. The van der Waals surface area contributed by atoms with Crippen molar-refractivity contribution in [3.05, 3.63) is 18.0 Å². The number of rotatable bonds is 5. The van der Waals surface area contributed by atoms with Crippen LogP contribution in [0.15, 0.2) is 12.3 Å². The highest BCUT2D eigenvalue weighted by molar-refractivity contribution is 5.04. The molecule has 1 aromatic heterocycles. The number of hydrogen-bond acceptors (Lipinski definition) is 3. The average molecular weight is 278 g/mol. The van der Waals surface area contributed by atoms with Gasteiger partial charge in [0, 0.05) is 24.7 Å². The van der Waals surface area contributed by atoms with Crippen LogP contribution in [0.25, 0.3) is 0 Å². The average Bonchev–Trinajstić information content (AvgIpc) is 2.85. The minimum atomic E-state index is 0.320. The van der Waals surface area contributed by atoms with E-state index in [9.17, 15) is 0 Å². The number of nitrogens with one attached hydrogen (secondary N) is 1. The fourth-order valence-electron chi connectivity index (χ4n) is 3.58. The molecular weight excluding hydrogens is 248 g/mol. The summed E-state index contributed by atoms with van der Waals surface area (Å²) in [5.74, 6) is 6.48. The summed E-state index contributed by atoms with van der Waals surface area (Å²) in [5.41, 5.74) is 4.58. The van der Waals surface area contributed by atoms with E-state index >= 15 is 0 Å². The second-order valence-electron chi connectivity index (χ2n) is 7.20. The summed E-state index contributed by atoms with van der Waals surface area (Å²) in [6.45, 7) is 9.07. The van der Waals surface area contributed by atoms with Gasteiger partial charge in [-0.3, -0.25) is 16.0 Å². The molecule has 0 aliphatic heterocycles. The van der Waals surface area contributed by atoms with E-state index in [1.54, 1.807) is 0 Å². The molecule has 0 aromatic carbocycles. The molecule has 2 rings (SSSR count). The first-order valence-corrected chi connectivity index (χ1v) is 7.94. The molecule has 20 heavy (non-hydrogen) atoms. The van der Waals surface area contributed by atoms with Gasteiger partial charge in [0.25, 0.3) is 0 Å². The number of nitrogens with zero attached hydrogens (tertiary/aromatic N) is 2. The first-order chi connectivity index (χ1) is 9.44. The number of hydrazine groups is 1. The molecular formula is C16H30N4. The lowest BCUT2D eigenvalue weighted by molar-refractivity contribution is 0.0977. The summed E-state index contributed by atoms with van der Waals surface area (Å²) in [4.78, 5) is 0. The fourth-order valence-corrected chi connectivity index (χ4v) is 3.58. The summed E-state index contributed by atoms with van der Waals surface area (Å²) in [6.07, 6.45) is 8.24. The van der Waals surface area contributed by atoms with Gasteiger partial charge in [-0.1, -0.05) is 26.7 Å². The van der Waals surface area contributed by atoms with Crippen molar-refractivity contribution < 1.29 is 0 Å². The fraction of sp³-hybridized carbons (Fsp3) is 0.812. The molecule has 0 bridgehead atoms. The molecule has 1 aliphatic carbocycles. The Morgan fingerprint density at radius 2 is 2.20 bits per heavy atom. The first-order valence-electron chi connectivity index (χ1n) is 7.94. The van der Waals surface area contributed by atoms with Crippen LogP contribution in [-0.4, -0.2) is 15.8 Å². The van der Waals surface area contributed by atoms with Crippen molar-refractivity contribution in [1.82, 2.24) is 15.2 Å². The summed E-state index contributed by atoms with van der Waals surface area (Å²) >= 11 is 0.